The van der Waals surface area contributed by atoms with Gasteiger partial charge in [-0.2, -0.15) is 0 Å². The monoisotopic (exact) mass is 1250 g/mol. The van der Waals surface area contributed by atoms with E-state index in [0.29, 0.717) is 0 Å². The second-order valence-electron chi connectivity index (χ2n) is 10.3. The molecule has 22 nitrogen and oxygen atoms in total. The molecule has 0 aliphatic heterocycles. The third-order valence-corrected chi connectivity index (χ3v) is 5.24. The molecule has 0 spiro atoms. The normalized spacial score (nSPS) is 7.94. The van der Waals surface area contributed by atoms with Crippen LogP contribution in [0.5, 0.6) is 0 Å². The first kappa shape index (κ1) is 120. The molecule has 0 saturated heterocycles. The Morgan fingerprint density at radius 3 is 0.438 bits per heavy atom. The van der Waals surface area contributed by atoms with Crippen LogP contribution in [-0.4, -0.2) is 233 Å². The van der Waals surface area contributed by atoms with Gasteiger partial charge in [0.2, 0.25) is 0 Å². The first-order chi connectivity index (χ1) is 25.8. The van der Waals surface area contributed by atoms with Crippen molar-refractivity contribution in [1.29, 1.82) is 0 Å². The summed E-state index contributed by atoms with van der Waals surface area (Å²) in [6.07, 6.45) is -2.33. The SMILES string of the molecule is CC(=O)O.CC(=O)O.CC(=O)O.CC(=O)O.CC(O)O.CC(O)O.CCN(CC)CCO.CCN(CC)CCO.CCN(CC)CCO.CCN(CC)CCO.O.O.[Cu+].[Cu+].[Cu+].[Cu+].[Cu].[Cu]. The first-order valence-corrected chi connectivity index (χ1v) is 18.6. The van der Waals surface area contributed by atoms with Gasteiger partial charge in [-0.1, -0.05) is 55.4 Å². The van der Waals surface area contributed by atoms with Crippen LogP contribution in [0.1, 0.15) is 96.9 Å². The number of carboxylic acids is 4. The minimum absolute atomic E-state index is 0. The summed E-state index contributed by atoms with van der Waals surface area (Å²) < 4.78 is 0. The summed E-state index contributed by atoms with van der Waals surface area (Å²) in [6.45, 7) is 36.3. The summed E-state index contributed by atoms with van der Waals surface area (Å²) >= 11 is 0. The molecule has 0 aromatic heterocycles. The van der Waals surface area contributed by atoms with Crippen molar-refractivity contribution in [2.75, 3.05) is 105 Å². The fraction of sp³-hybridized carbons (Fsp3) is 0.889. The Bertz CT molecular complexity index is 611. The average Bonchev–Trinajstić information content (AvgIpc) is 3.07. The molecule has 0 atom stereocenters. The summed E-state index contributed by atoms with van der Waals surface area (Å²) in [4.78, 5) is 44.7. The van der Waals surface area contributed by atoms with Crippen LogP contribution in [0.15, 0.2) is 0 Å². The van der Waals surface area contributed by atoms with E-state index in [0.717, 1.165) is 106 Å². The standard InChI is InChI=1S/4C6H15NO.2C2H6O2.4C2H4O2.6Cu.2H2O/c4*1-3-7(4-2)5-6-8;6*1-2(3)4;;;;;;;;/h4*8H,3-6H2,1-2H3;2*2-4H,1H3;4*1H3,(H,3,4);;;;;;;2*1H2/q;;;;;;;;;;;;4*+1;;. The van der Waals surface area contributed by atoms with Crippen molar-refractivity contribution in [2.45, 2.75) is 110 Å². The van der Waals surface area contributed by atoms with Crippen LogP contribution >= 0.6 is 0 Å². The fourth-order valence-electron chi connectivity index (χ4n) is 2.73. The van der Waals surface area contributed by atoms with Crippen molar-refractivity contribution in [3.63, 3.8) is 0 Å². The molecular weight excluding hydrogens is 1160 g/mol. The molecule has 0 fully saturated rings. The van der Waals surface area contributed by atoms with Gasteiger partial charge in [0.25, 0.3) is 23.9 Å². The molecule has 2 radical (unpaired) electrons. The molecule has 0 unspecified atom stereocenters. The van der Waals surface area contributed by atoms with Crippen LogP contribution in [0, 0.1) is 0 Å². The second kappa shape index (κ2) is 115. The molecule has 0 aromatic rings. The van der Waals surface area contributed by atoms with E-state index < -0.39 is 36.5 Å². The number of rotatable bonds is 16. The van der Waals surface area contributed by atoms with Gasteiger partial charge in [-0.25, -0.2) is 0 Å². The first-order valence-electron chi connectivity index (χ1n) is 18.6. The molecule has 0 aromatic carbocycles. The van der Waals surface area contributed by atoms with Gasteiger partial charge in [-0.3, -0.25) is 19.2 Å². The number of carbonyl (C=O) groups is 4. The molecule has 28 heteroatoms. The molecule has 0 aliphatic carbocycles. The molecule has 0 rings (SSSR count). The Labute approximate surface area is 448 Å². The van der Waals surface area contributed by atoms with Crippen molar-refractivity contribution in [1.82, 2.24) is 19.6 Å². The number of aliphatic carboxylic acids is 4. The summed E-state index contributed by atoms with van der Waals surface area (Å²) in [7, 11) is 0. The number of hydrogen-bond acceptors (Lipinski definition) is 16. The van der Waals surface area contributed by atoms with E-state index in [1.54, 1.807) is 0 Å². The van der Waals surface area contributed by atoms with E-state index in [1.165, 1.54) is 13.8 Å². The van der Waals surface area contributed by atoms with Gasteiger partial charge in [-0.05, 0) is 66.2 Å². The number of hydrogen-bond donors (Lipinski definition) is 12. The fourth-order valence-corrected chi connectivity index (χ4v) is 2.73. The van der Waals surface area contributed by atoms with E-state index in [1.807, 2.05) is 0 Å². The van der Waals surface area contributed by atoms with Gasteiger partial charge >= 0.3 is 68.3 Å². The number of likely N-dealkylation sites (N-methyl/N-ethyl adjacent to an activating group) is 4. The van der Waals surface area contributed by atoms with E-state index in [4.69, 9.17) is 80.5 Å². The minimum Gasteiger partial charge on any atom is -0.481 e. The van der Waals surface area contributed by atoms with Gasteiger partial charge in [0.05, 0.1) is 26.4 Å². The number of nitrogens with zero attached hydrogens (tertiary/aromatic N) is 4. The van der Waals surface area contributed by atoms with Gasteiger partial charge in [-0.15, -0.1) is 0 Å². The van der Waals surface area contributed by atoms with E-state index >= 15 is 0 Å². The summed E-state index contributed by atoms with van der Waals surface area (Å²) in [5.74, 6) is -3.33. The van der Waals surface area contributed by atoms with Crippen LogP contribution in [0.4, 0.5) is 0 Å². The molecule has 0 bridgehead atoms. The Kier molecular flexibility index (Phi) is 215. The zero-order valence-corrected chi connectivity index (χ0v) is 45.7. The average molecular weight is 1250 g/mol. The van der Waals surface area contributed by atoms with Crippen molar-refractivity contribution < 1.29 is 194 Å². The minimum atomic E-state index is -1.17. The molecular formula is C36H92Cu6N4O18+4. The Hall–Kier alpha value is 0.437. The quantitative estimate of drug-likeness (QED) is 0.0626. The number of aliphatic hydroxyl groups excluding tert-OH is 6. The third-order valence-electron chi connectivity index (χ3n) is 5.24. The maximum absolute atomic E-state index is 9.00. The van der Waals surface area contributed by atoms with Gasteiger partial charge in [0.1, 0.15) is 12.6 Å². The predicted molar refractivity (Wildman–Crippen MR) is 228 cm³/mol. The van der Waals surface area contributed by atoms with Crippen LogP contribution in [0.2, 0.25) is 0 Å². The van der Waals surface area contributed by atoms with E-state index in [-0.39, 0.29) is 140 Å². The van der Waals surface area contributed by atoms with Crippen LogP contribution in [0.3, 0.4) is 0 Å². The maximum atomic E-state index is 9.00. The molecule has 426 valence electrons. The van der Waals surface area contributed by atoms with Gasteiger partial charge in [0.15, 0.2) is 0 Å². The van der Waals surface area contributed by atoms with Crippen molar-refractivity contribution >= 4 is 23.9 Å². The Morgan fingerprint density at radius 1 is 0.359 bits per heavy atom. The van der Waals surface area contributed by atoms with Crippen LogP contribution in [0.25, 0.3) is 0 Å². The van der Waals surface area contributed by atoms with Crippen molar-refractivity contribution in [2.24, 2.45) is 0 Å². The van der Waals surface area contributed by atoms with Gasteiger partial charge in [0, 0.05) is 88.0 Å². The summed E-state index contributed by atoms with van der Waals surface area (Å²) in [6, 6.07) is 0. The van der Waals surface area contributed by atoms with E-state index in [9.17, 15) is 0 Å². The molecule has 64 heavy (non-hydrogen) atoms. The largest absolute Gasteiger partial charge is 1.00 e. The summed E-state index contributed by atoms with van der Waals surface area (Å²) in [5, 5.41) is 93.9. The Morgan fingerprint density at radius 2 is 0.422 bits per heavy atom. The zero-order valence-electron chi connectivity index (χ0n) is 40.1. The summed E-state index contributed by atoms with van der Waals surface area (Å²) in [5.41, 5.74) is 0. The van der Waals surface area contributed by atoms with Crippen molar-refractivity contribution in [3.8, 4) is 0 Å². The second-order valence-corrected chi connectivity index (χ2v) is 10.3. The van der Waals surface area contributed by atoms with Crippen molar-refractivity contribution in [3.05, 3.63) is 0 Å². The topological polar surface area (TPSA) is 387 Å². The van der Waals surface area contributed by atoms with Gasteiger partial charge < -0.3 is 91.8 Å². The Balaban J connectivity index is -0.0000000230. The van der Waals surface area contributed by atoms with E-state index in [2.05, 4.69) is 75.0 Å². The predicted octanol–water partition coefficient (Wildman–Crippen LogP) is -1.38. The maximum Gasteiger partial charge on any atom is 1.00 e. The number of carboxylic acid groups (broad SMARTS) is 4. The molecule has 0 heterocycles. The smallest absolute Gasteiger partial charge is 0.481 e. The number of aliphatic hydroxyl groups is 8. The molecule has 0 saturated carbocycles. The molecule has 0 amide bonds. The third kappa shape index (κ3) is 291. The zero-order chi connectivity index (χ0) is 47.1. The van der Waals surface area contributed by atoms with Crippen LogP contribution < -0.4 is 0 Å². The van der Waals surface area contributed by atoms with Crippen LogP contribution in [-0.2, 0) is 122 Å². The molecule has 0 aliphatic rings. The molecule has 16 N–H and O–H groups in total.